The van der Waals surface area contributed by atoms with E-state index in [1.165, 1.54) is 0 Å². The number of carbonyl (C=O) groups excluding carboxylic acids is 1. The highest BCUT2D eigenvalue weighted by atomic mass is 16.5. The summed E-state index contributed by atoms with van der Waals surface area (Å²) < 4.78 is 17.0. The molecule has 0 amide bonds. The van der Waals surface area contributed by atoms with Gasteiger partial charge in [0.2, 0.25) is 17.4 Å². The van der Waals surface area contributed by atoms with Crippen LogP contribution in [0.15, 0.2) is 24.3 Å². The highest BCUT2D eigenvalue weighted by molar-refractivity contribution is 6.61. The molecule has 0 bridgehead atoms. The minimum absolute atomic E-state index is 0.103. The predicted octanol–water partition coefficient (Wildman–Crippen LogP) is 3.27. The Labute approximate surface area is 169 Å². The molecule has 2 heterocycles. The smallest absolute Gasteiger partial charge is 0.486 e. The van der Waals surface area contributed by atoms with Crippen molar-refractivity contribution >= 4 is 24.1 Å². The zero-order valence-electron chi connectivity index (χ0n) is 16.2. The molecule has 0 radical (unpaired) electrons. The minimum atomic E-state index is -0.896. The monoisotopic (exact) mass is 392 g/mol. The normalized spacial score (nSPS) is 15.0. The zero-order chi connectivity index (χ0) is 20.4. The van der Waals surface area contributed by atoms with E-state index in [2.05, 4.69) is 9.83 Å². The molecule has 4 rings (SSSR count). The number of benzene rings is 1. The summed E-state index contributed by atoms with van der Waals surface area (Å²) in [6, 6.07) is 7.19. The molecule has 2 aromatic rings. The Bertz CT molecular complexity index is 984. The molecule has 1 aromatic heterocycles. The van der Waals surface area contributed by atoms with Crippen LogP contribution in [0.3, 0.4) is 0 Å². The van der Waals surface area contributed by atoms with Crippen LogP contribution in [0.4, 0.5) is 5.69 Å². The number of carbonyl (C=O) groups is 1. The molecule has 148 valence electrons. The van der Waals surface area contributed by atoms with Crippen molar-refractivity contribution in [3.05, 3.63) is 46.8 Å². The third kappa shape index (κ3) is 4.42. The average Bonchev–Trinajstić information content (AvgIpc) is 3.48. The summed E-state index contributed by atoms with van der Waals surface area (Å²) >= 11 is 0. The van der Waals surface area contributed by atoms with Crippen LogP contribution in [0.2, 0.25) is 0 Å². The third-order valence-corrected chi connectivity index (χ3v) is 5.00. The number of fused-ring (bicyclic) bond motifs is 1. The Hall–Kier alpha value is -2.89. The van der Waals surface area contributed by atoms with E-state index in [9.17, 15) is 9.82 Å². The highest BCUT2D eigenvalue weighted by Crippen LogP contribution is 2.47. The molecule has 2 aliphatic rings. The van der Waals surface area contributed by atoms with Crippen LogP contribution in [0, 0.1) is 6.57 Å². The van der Waals surface area contributed by atoms with Crippen LogP contribution in [0.1, 0.15) is 49.7 Å². The van der Waals surface area contributed by atoms with E-state index >= 15 is 0 Å². The molecule has 0 atom stereocenters. The van der Waals surface area contributed by atoms with E-state index in [0.717, 1.165) is 29.4 Å². The number of pyridine rings is 1. The second kappa shape index (κ2) is 8.23. The van der Waals surface area contributed by atoms with Crippen LogP contribution in [-0.4, -0.2) is 29.5 Å². The van der Waals surface area contributed by atoms with Crippen LogP contribution in [0.25, 0.3) is 4.85 Å². The van der Waals surface area contributed by atoms with E-state index in [0.29, 0.717) is 49.3 Å². The fraction of sp³-hybridized carbons (Fsp3) is 0.381. The van der Waals surface area contributed by atoms with E-state index in [1.807, 2.05) is 6.07 Å². The lowest BCUT2D eigenvalue weighted by Crippen LogP contribution is -2.27. The number of nitrogens with zero attached hydrogens (tertiary/aromatic N) is 2. The van der Waals surface area contributed by atoms with Gasteiger partial charge in [-0.05, 0) is 61.3 Å². The maximum absolute atomic E-state index is 11.1. The second-order valence-corrected chi connectivity index (χ2v) is 7.37. The number of rotatable bonds is 8. The van der Waals surface area contributed by atoms with Gasteiger partial charge in [-0.1, -0.05) is 6.07 Å². The van der Waals surface area contributed by atoms with Crippen molar-refractivity contribution in [1.29, 1.82) is 0 Å². The molecule has 1 fully saturated rings. The standard InChI is InChI=1S/C21H21BN2O5/c1-13(25)4-3-9-27-21-19(23-2)11-17(14-5-6-14)20(24-21)29-16-7-8-18-15(10-16)12-28-22(18)26/h7-8,10-11,14,26H,3-6,9,12H2,1H3. The van der Waals surface area contributed by atoms with Crippen LogP contribution in [-0.2, 0) is 16.1 Å². The van der Waals surface area contributed by atoms with Crippen molar-refractivity contribution in [2.75, 3.05) is 6.61 Å². The van der Waals surface area contributed by atoms with Crippen molar-refractivity contribution in [1.82, 2.24) is 4.98 Å². The van der Waals surface area contributed by atoms with Gasteiger partial charge >= 0.3 is 7.12 Å². The van der Waals surface area contributed by atoms with Crippen molar-refractivity contribution in [2.45, 2.75) is 45.1 Å². The quantitative estimate of drug-likeness (QED) is 0.422. The Morgan fingerprint density at radius 3 is 2.93 bits per heavy atom. The lowest BCUT2D eigenvalue weighted by molar-refractivity contribution is -0.117. The van der Waals surface area contributed by atoms with Gasteiger partial charge in [0.15, 0.2) is 0 Å². The zero-order valence-corrected chi connectivity index (χ0v) is 16.2. The van der Waals surface area contributed by atoms with Gasteiger partial charge < -0.3 is 23.9 Å². The molecule has 8 heteroatoms. The minimum Gasteiger partial charge on any atom is -0.486 e. The number of hydrogen-bond donors (Lipinski definition) is 1. The summed E-state index contributed by atoms with van der Waals surface area (Å²) in [6.45, 7) is 9.64. The van der Waals surface area contributed by atoms with Crippen LogP contribution < -0.4 is 14.9 Å². The van der Waals surface area contributed by atoms with Crippen LogP contribution in [0.5, 0.6) is 17.5 Å². The van der Waals surface area contributed by atoms with Gasteiger partial charge in [-0.25, -0.2) is 4.85 Å². The molecule has 1 aromatic carbocycles. The third-order valence-electron chi connectivity index (χ3n) is 5.00. The SMILES string of the molecule is [C-]#[N+]c1cc(C2CC2)c(Oc2ccc3c(c2)COB3O)nc1OCCCC(C)=O. The number of ether oxygens (including phenoxy) is 2. The van der Waals surface area contributed by atoms with Crippen molar-refractivity contribution < 1.29 is 23.9 Å². The number of hydrogen-bond acceptors (Lipinski definition) is 6. The maximum Gasteiger partial charge on any atom is 0.491 e. The molecular weight excluding hydrogens is 371 g/mol. The Morgan fingerprint density at radius 2 is 2.21 bits per heavy atom. The molecule has 0 saturated heterocycles. The molecule has 0 spiro atoms. The van der Waals surface area contributed by atoms with E-state index in [-0.39, 0.29) is 11.7 Å². The molecule has 29 heavy (non-hydrogen) atoms. The fourth-order valence-electron chi connectivity index (χ4n) is 3.31. The molecule has 1 aliphatic heterocycles. The average molecular weight is 392 g/mol. The summed E-state index contributed by atoms with van der Waals surface area (Å²) in [5, 5.41) is 9.78. The Balaban J connectivity index is 1.58. The molecule has 0 unspecified atom stereocenters. The topological polar surface area (TPSA) is 82.2 Å². The van der Waals surface area contributed by atoms with Crippen molar-refractivity contribution in [2.24, 2.45) is 0 Å². The van der Waals surface area contributed by atoms with Gasteiger partial charge in [-0.3, -0.25) is 0 Å². The molecular formula is C21H21BN2O5. The second-order valence-electron chi connectivity index (χ2n) is 7.37. The first-order valence-corrected chi connectivity index (χ1v) is 9.70. The largest absolute Gasteiger partial charge is 0.491 e. The first kappa shape index (κ1) is 19.4. The Morgan fingerprint density at radius 1 is 1.38 bits per heavy atom. The van der Waals surface area contributed by atoms with E-state index in [4.69, 9.17) is 20.7 Å². The van der Waals surface area contributed by atoms with Gasteiger partial charge in [0.25, 0.3) is 0 Å². The maximum atomic E-state index is 11.1. The molecule has 1 N–H and O–H groups in total. The predicted molar refractivity (Wildman–Crippen MR) is 107 cm³/mol. The highest BCUT2D eigenvalue weighted by Gasteiger charge is 2.31. The fourth-order valence-corrected chi connectivity index (χ4v) is 3.31. The van der Waals surface area contributed by atoms with Gasteiger partial charge in [0.1, 0.15) is 11.5 Å². The van der Waals surface area contributed by atoms with E-state index in [1.54, 1.807) is 25.1 Å². The first-order valence-electron chi connectivity index (χ1n) is 9.70. The van der Waals surface area contributed by atoms with Gasteiger partial charge in [0.05, 0.1) is 19.8 Å². The summed E-state index contributed by atoms with van der Waals surface area (Å²) in [6.07, 6.45) is 3.08. The summed E-state index contributed by atoms with van der Waals surface area (Å²) in [5.74, 6) is 1.69. The Kier molecular flexibility index (Phi) is 5.52. The van der Waals surface area contributed by atoms with Gasteiger partial charge in [-0.2, -0.15) is 4.98 Å². The lowest BCUT2D eigenvalue weighted by atomic mass is 9.80. The summed E-state index contributed by atoms with van der Waals surface area (Å²) in [5.41, 5.74) is 2.88. The summed E-state index contributed by atoms with van der Waals surface area (Å²) in [7, 11) is -0.896. The first-order chi connectivity index (χ1) is 14.0. The molecule has 1 aliphatic carbocycles. The van der Waals surface area contributed by atoms with Crippen molar-refractivity contribution in [3.8, 4) is 17.5 Å². The van der Waals surface area contributed by atoms with E-state index < -0.39 is 7.12 Å². The molecule has 1 saturated carbocycles. The number of Topliss-reactive ketones (excluding diaryl/α,β-unsaturated/α-hetero) is 1. The number of aromatic nitrogens is 1. The van der Waals surface area contributed by atoms with Crippen LogP contribution >= 0.6 is 0 Å². The van der Waals surface area contributed by atoms with Gasteiger partial charge in [0, 0.05) is 12.0 Å². The lowest BCUT2D eigenvalue weighted by Gasteiger charge is -2.14. The number of ketones is 1. The van der Waals surface area contributed by atoms with Gasteiger partial charge in [-0.15, -0.1) is 0 Å². The van der Waals surface area contributed by atoms with Crippen molar-refractivity contribution in [3.63, 3.8) is 0 Å². The molecule has 7 nitrogen and oxygen atoms in total. The summed E-state index contributed by atoms with van der Waals surface area (Å²) in [4.78, 5) is 19.2.